The van der Waals surface area contributed by atoms with E-state index in [0.717, 1.165) is 30.5 Å². The van der Waals surface area contributed by atoms with E-state index in [9.17, 15) is 9.59 Å². The first kappa shape index (κ1) is 14.4. The first-order valence-electron chi connectivity index (χ1n) is 7.14. The van der Waals surface area contributed by atoms with Gasteiger partial charge in [0.05, 0.1) is 17.1 Å². The third kappa shape index (κ3) is 2.76. The van der Waals surface area contributed by atoms with Crippen LogP contribution in [0, 0.1) is 5.41 Å². The molecule has 0 saturated heterocycles. The molecule has 1 heterocycles. The highest BCUT2D eigenvalue weighted by Gasteiger charge is 2.37. The summed E-state index contributed by atoms with van der Waals surface area (Å²) in [5.41, 5.74) is 7.88. The van der Waals surface area contributed by atoms with Gasteiger partial charge in [-0.1, -0.05) is 18.0 Å². The second-order valence-corrected chi connectivity index (χ2v) is 6.40. The van der Waals surface area contributed by atoms with Crippen molar-refractivity contribution in [2.75, 3.05) is 17.2 Å². The minimum Gasteiger partial charge on any atom is -0.330 e. The Morgan fingerprint density at radius 2 is 2.19 bits per heavy atom. The molecule has 0 atom stereocenters. The maximum Gasteiger partial charge on any atom is 0.228 e. The quantitative estimate of drug-likeness (QED) is 0.798. The fraction of sp³-hybridized carbons (Fsp3) is 0.467. The van der Waals surface area contributed by atoms with Crippen LogP contribution in [0.1, 0.15) is 31.2 Å². The molecule has 1 fully saturated rings. The van der Waals surface area contributed by atoms with E-state index >= 15 is 0 Å². The predicted octanol–water partition coefficient (Wildman–Crippen LogP) is 2.29. The topological polar surface area (TPSA) is 84.2 Å². The fourth-order valence-corrected chi connectivity index (χ4v) is 3.22. The van der Waals surface area contributed by atoms with Crippen LogP contribution in [0.2, 0.25) is 5.02 Å². The molecule has 1 aliphatic heterocycles. The van der Waals surface area contributed by atoms with Crippen molar-refractivity contribution >= 4 is 34.8 Å². The monoisotopic (exact) mass is 307 g/mol. The standard InChI is InChI=1S/C15H18ClN3O2/c16-10-6-11-9(5-13(20)18-11)4-12(10)19-14(21)7-15(8-17)2-1-3-15/h4,6H,1-3,5,7-8,17H2,(H,18,20)(H,19,21). The second kappa shape index (κ2) is 5.31. The summed E-state index contributed by atoms with van der Waals surface area (Å²) in [4.78, 5) is 23.6. The number of carbonyl (C=O) groups excluding carboxylic acids is 2. The molecule has 1 aromatic carbocycles. The molecule has 1 aliphatic carbocycles. The van der Waals surface area contributed by atoms with E-state index < -0.39 is 0 Å². The van der Waals surface area contributed by atoms with Crippen LogP contribution in [-0.4, -0.2) is 18.4 Å². The number of amides is 2. The third-order valence-electron chi connectivity index (χ3n) is 4.47. The van der Waals surface area contributed by atoms with Crippen molar-refractivity contribution in [3.63, 3.8) is 0 Å². The lowest BCUT2D eigenvalue weighted by Crippen LogP contribution is -2.40. The van der Waals surface area contributed by atoms with Crippen LogP contribution in [-0.2, 0) is 16.0 Å². The van der Waals surface area contributed by atoms with Gasteiger partial charge in [-0.15, -0.1) is 0 Å². The van der Waals surface area contributed by atoms with Gasteiger partial charge in [0.1, 0.15) is 0 Å². The zero-order valence-electron chi connectivity index (χ0n) is 11.7. The molecule has 1 aromatic rings. The van der Waals surface area contributed by atoms with Crippen molar-refractivity contribution in [2.45, 2.75) is 32.1 Å². The largest absolute Gasteiger partial charge is 0.330 e. The van der Waals surface area contributed by atoms with Crippen LogP contribution < -0.4 is 16.4 Å². The van der Waals surface area contributed by atoms with Crippen LogP contribution in [0.3, 0.4) is 0 Å². The number of anilines is 2. The van der Waals surface area contributed by atoms with Crippen LogP contribution in [0.5, 0.6) is 0 Å². The summed E-state index contributed by atoms with van der Waals surface area (Å²) >= 11 is 6.16. The van der Waals surface area contributed by atoms with Gasteiger partial charge in [0, 0.05) is 12.1 Å². The maximum absolute atomic E-state index is 12.2. The molecule has 0 aromatic heterocycles. The van der Waals surface area contributed by atoms with E-state index in [-0.39, 0.29) is 17.2 Å². The third-order valence-corrected chi connectivity index (χ3v) is 4.79. The number of nitrogens with one attached hydrogen (secondary N) is 2. The van der Waals surface area contributed by atoms with Gasteiger partial charge in [0.2, 0.25) is 11.8 Å². The van der Waals surface area contributed by atoms with E-state index in [2.05, 4.69) is 10.6 Å². The highest BCUT2D eigenvalue weighted by molar-refractivity contribution is 6.34. The Balaban J connectivity index is 1.72. The van der Waals surface area contributed by atoms with Crippen LogP contribution >= 0.6 is 11.6 Å². The molecule has 0 bridgehead atoms. The van der Waals surface area contributed by atoms with Gasteiger partial charge < -0.3 is 16.4 Å². The van der Waals surface area contributed by atoms with Gasteiger partial charge in [-0.3, -0.25) is 9.59 Å². The van der Waals surface area contributed by atoms with Crippen LogP contribution in [0.15, 0.2) is 12.1 Å². The van der Waals surface area contributed by atoms with Crippen molar-refractivity contribution in [2.24, 2.45) is 11.1 Å². The summed E-state index contributed by atoms with van der Waals surface area (Å²) in [6.45, 7) is 0.538. The number of rotatable bonds is 4. The second-order valence-electron chi connectivity index (χ2n) is 6.00. The molecule has 0 spiro atoms. The molecule has 21 heavy (non-hydrogen) atoms. The minimum atomic E-state index is -0.0701. The normalized spacial score (nSPS) is 18.7. The molecule has 1 saturated carbocycles. The zero-order chi connectivity index (χ0) is 15.0. The number of hydrogen-bond donors (Lipinski definition) is 3. The molecule has 0 radical (unpaired) electrons. The molecule has 2 amide bonds. The Bertz CT molecular complexity index is 606. The molecular weight excluding hydrogens is 290 g/mol. The zero-order valence-corrected chi connectivity index (χ0v) is 12.4. The number of nitrogens with two attached hydrogens (primary N) is 1. The van der Waals surface area contributed by atoms with E-state index in [1.54, 1.807) is 12.1 Å². The Labute approximate surface area is 128 Å². The van der Waals surface area contributed by atoms with Crippen molar-refractivity contribution in [3.05, 3.63) is 22.7 Å². The minimum absolute atomic E-state index is 0.0369. The van der Waals surface area contributed by atoms with E-state index in [1.807, 2.05) is 0 Å². The number of hydrogen-bond acceptors (Lipinski definition) is 3. The Morgan fingerprint density at radius 1 is 1.43 bits per heavy atom. The SMILES string of the molecule is NCC1(CC(=O)Nc2cc3c(cc2Cl)NC(=O)C3)CCC1. The highest BCUT2D eigenvalue weighted by atomic mass is 35.5. The summed E-state index contributed by atoms with van der Waals surface area (Å²) < 4.78 is 0. The molecule has 5 nitrogen and oxygen atoms in total. The van der Waals surface area contributed by atoms with Crippen LogP contribution in [0.4, 0.5) is 11.4 Å². The van der Waals surface area contributed by atoms with Gasteiger partial charge in [-0.05, 0) is 42.5 Å². The fourth-order valence-electron chi connectivity index (χ4n) is 3.01. The number of carbonyl (C=O) groups is 2. The molecule has 6 heteroatoms. The number of fused-ring (bicyclic) bond motifs is 1. The van der Waals surface area contributed by atoms with Gasteiger partial charge in [0.25, 0.3) is 0 Å². The van der Waals surface area contributed by atoms with Crippen molar-refractivity contribution in [3.8, 4) is 0 Å². The van der Waals surface area contributed by atoms with Crippen molar-refractivity contribution in [1.29, 1.82) is 0 Å². The van der Waals surface area contributed by atoms with E-state index in [1.165, 1.54) is 0 Å². The molecule has 4 N–H and O–H groups in total. The number of halogens is 1. The van der Waals surface area contributed by atoms with Gasteiger partial charge in [-0.25, -0.2) is 0 Å². The Morgan fingerprint density at radius 3 is 2.81 bits per heavy atom. The van der Waals surface area contributed by atoms with Crippen molar-refractivity contribution in [1.82, 2.24) is 0 Å². The van der Waals surface area contributed by atoms with E-state index in [4.69, 9.17) is 17.3 Å². The Hall–Kier alpha value is -1.59. The predicted molar refractivity (Wildman–Crippen MR) is 82.4 cm³/mol. The summed E-state index contributed by atoms with van der Waals surface area (Å²) in [6, 6.07) is 3.45. The van der Waals surface area contributed by atoms with Gasteiger partial charge in [0.15, 0.2) is 0 Å². The first-order chi connectivity index (χ1) is 10.0. The lowest BCUT2D eigenvalue weighted by molar-refractivity contribution is -0.119. The van der Waals surface area contributed by atoms with E-state index in [0.29, 0.717) is 30.1 Å². The lowest BCUT2D eigenvalue weighted by Gasteiger charge is -2.40. The number of benzene rings is 1. The summed E-state index contributed by atoms with van der Waals surface area (Å²) in [5, 5.41) is 6.01. The van der Waals surface area contributed by atoms with Gasteiger partial charge >= 0.3 is 0 Å². The average Bonchev–Trinajstić information content (AvgIpc) is 2.73. The summed E-state index contributed by atoms with van der Waals surface area (Å²) in [6.07, 6.45) is 3.90. The Kier molecular flexibility index (Phi) is 3.63. The van der Waals surface area contributed by atoms with Crippen molar-refractivity contribution < 1.29 is 9.59 Å². The van der Waals surface area contributed by atoms with Crippen LogP contribution in [0.25, 0.3) is 0 Å². The maximum atomic E-state index is 12.2. The molecule has 2 aliphatic rings. The smallest absolute Gasteiger partial charge is 0.228 e. The first-order valence-corrected chi connectivity index (χ1v) is 7.51. The summed E-state index contributed by atoms with van der Waals surface area (Å²) in [5.74, 6) is -0.125. The molecule has 0 unspecified atom stereocenters. The molecule has 112 valence electrons. The molecular formula is C15H18ClN3O2. The highest BCUT2D eigenvalue weighted by Crippen LogP contribution is 2.43. The average molecular weight is 308 g/mol. The lowest BCUT2D eigenvalue weighted by atomic mass is 9.66. The summed E-state index contributed by atoms with van der Waals surface area (Å²) in [7, 11) is 0. The van der Waals surface area contributed by atoms with Gasteiger partial charge in [-0.2, -0.15) is 0 Å². The molecule has 3 rings (SSSR count).